The van der Waals surface area contributed by atoms with Crippen molar-refractivity contribution in [1.29, 1.82) is 0 Å². The number of hydrogen-bond acceptors (Lipinski definition) is 7. The molecule has 9 heteroatoms. The molecule has 2 aromatic heterocycles. The third-order valence-electron chi connectivity index (χ3n) is 7.44. The molecule has 4 aromatic rings. The molecule has 0 spiro atoms. The molecule has 0 bridgehead atoms. The lowest BCUT2D eigenvalue weighted by molar-refractivity contribution is -0.123. The number of amides is 1. The van der Waals surface area contributed by atoms with Gasteiger partial charge in [0.25, 0.3) is 11.5 Å². The van der Waals surface area contributed by atoms with Gasteiger partial charge in [0.1, 0.15) is 15.8 Å². The van der Waals surface area contributed by atoms with Crippen LogP contribution in [-0.4, -0.2) is 55.6 Å². The average molecular weight is 568 g/mol. The third kappa shape index (κ3) is 5.20. The van der Waals surface area contributed by atoms with E-state index in [-0.39, 0.29) is 17.5 Å². The van der Waals surface area contributed by atoms with E-state index in [4.69, 9.17) is 17.2 Å². The minimum atomic E-state index is -0.215. The van der Waals surface area contributed by atoms with Crippen molar-refractivity contribution in [3.63, 3.8) is 0 Å². The number of piperazine rings is 1. The van der Waals surface area contributed by atoms with Crippen molar-refractivity contribution in [3.05, 3.63) is 117 Å². The molecule has 0 N–H and O–H groups in total. The molecule has 202 valence electrons. The largest absolute Gasteiger partial charge is 0.353 e. The van der Waals surface area contributed by atoms with Gasteiger partial charge in [-0.15, -0.1) is 0 Å². The number of hydrogen-bond donors (Lipinski definition) is 0. The highest BCUT2D eigenvalue weighted by Crippen LogP contribution is 2.38. The van der Waals surface area contributed by atoms with E-state index in [1.54, 1.807) is 17.2 Å². The zero-order valence-corrected chi connectivity index (χ0v) is 23.8. The maximum atomic E-state index is 13.8. The van der Waals surface area contributed by atoms with Crippen LogP contribution in [0.3, 0.4) is 0 Å². The lowest BCUT2D eigenvalue weighted by atomic mass is 10.1. The number of benzene rings is 2. The van der Waals surface area contributed by atoms with Gasteiger partial charge >= 0.3 is 0 Å². The Morgan fingerprint density at radius 3 is 2.33 bits per heavy atom. The highest BCUT2D eigenvalue weighted by atomic mass is 32.2. The van der Waals surface area contributed by atoms with Gasteiger partial charge < -0.3 is 4.90 Å². The van der Waals surface area contributed by atoms with Crippen LogP contribution in [0.1, 0.15) is 29.7 Å². The number of fused-ring (bicyclic) bond motifs is 1. The Kier molecular flexibility index (Phi) is 7.51. The number of carbonyl (C=O) groups excluding carboxylic acids is 1. The highest BCUT2D eigenvalue weighted by molar-refractivity contribution is 8.26. The first-order chi connectivity index (χ1) is 19.5. The summed E-state index contributed by atoms with van der Waals surface area (Å²) in [7, 11) is 0. The fourth-order valence-electron chi connectivity index (χ4n) is 5.24. The van der Waals surface area contributed by atoms with E-state index < -0.39 is 0 Å². The van der Waals surface area contributed by atoms with Crippen LogP contribution in [-0.2, 0) is 11.3 Å². The lowest BCUT2D eigenvalue weighted by Gasteiger charge is -2.36. The van der Waals surface area contributed by atoms with Crippen LogP contribution < -0.4 is 10.5 Å². The summed E-state index contributed by atoms with van der Waals surface area (Å²) < 4.78 is 2.02. The van der Waals surface area contributed by atoms with Crippen molar-refractivity contribution in [1.82, 2.24) is 19.2 Å². The highest BCUT2D eigenvalue weighted by Gasteiger charge is 2.36. The van der Waals surface area contributed by atoms with Gasteiger partial charge in [-0.3, -0.25) is 23.8 Å². The first kappa shape index (κ1) is 26.4. The Balaban J connectivity index is 1.32. The van der Waals surface area contributed by atoms with E-state index in [0.29, 0.717) is 26.3 Å². The maximum Gasteiger partial charge on any atom is 0.267 e. The molecule has 6 rings (SSSR count). The van der Waals surface area contributed by atoms with Gasteiger partial charge in [-0.2, -0.15) is 0 Å². The first-order valence-electron chi connectivity index (χ1n) is 13.3. The number of thiocarbonyl (C=S) groups is 1. The van der Waals surface area contributed by atoms with Gasteiger partial charge in [0.15, 0.2) is 0 Å². The Morgan fingerprint density at radius 2 is 1.60 bits per heavy atom. The number of pyridine rings is 1. The summed E-state index contributed by atoms with van der Waals surface area (Å²) >= 11 is 6.87. The molecular weight excluding hydrogens is 539 g/mol. The summed E-state index contributed by atoms with van der Waals surface area (Å²) in [6, 6.07) is 25.6. The van der Waals surface area contributed by atoms with Crippen LogP contribution in [0.25, 0.3) is 11.7 Å². The molecule has 0 unspecified atom stereocenters. The minimum Gasteiger partial charge on any atom is -0.353 e. The molecule has 7 nitrogen and oxygen atoms in total. The SMILES string of the molecule is C[C@@H](c1ccccc1)N1C(=O)/C(=C/c2c(N3CCN(Cc4ccccc4)CC3)nc3ccccn3c2=O)SC1=S. The number of carbonyl (C=O) groups is 1. The van der Waals surface area contributed by atoms with Crippen LogP contribution in [0, 0.1) is 0 Å². The van der Waals surface area contributed by atoms with Crippen molar-refractivity contribution in [2.24, 2.45) is 0 Å². The summed E-state index contributed by atoms with van der Waals surface area (Å²) in [5, 5.41) is 0. The Bertz CT molecular complexity index is 1650. The molecule has 2 aliphatic rings. The summed E-state index contributed by atoms with van der Waals surface area (Å²) in [5.41, 5.74) is 3.07. The van der Waals surface area contributed by atoms with E-state index >= 15 is 0 Å². The van der Waals surface area contributed by atoms with Gasteiger partial charge in [0.05, 0.1) is 16.5 Å². The Morgan fingerprint density at radius 1 is 0.925 bits per heavy atom. The monoisotopic (exact) mass is 567 g/mol. The molecule has 0 radical (unpaired) electrons. The average Bonchev–Trinajstić information content (AvgIpc) is 3.27. The second-order valence-electron chi connectivity index (χ2n) is 9.97. The fourth-order valence-corrected chi connectivity index (χ4v) is 6.64. The maximum absolute atomic E-state index is 13.8. The van der Waals surface area contributed by atoms with Crippen LogP contribution in [0.15, 0.2) is 94.8 Å². The quantitative estimate of drug-likeness (QED) is 0.241. The number of nitrogens with zero attached hydrogens (tertiary/aromatic N) is 5. The predicted molar refractivity (Wildman–Crippen MR) is 165 cm³/mol. The number of rotatable bonds is 6. The van der Waals surface area contributed by atoms with Crippen LogP contribution >= 0.6 is 24.0 Å². The smallest absolute Gasteiger partial charge is 0.267 e. The number of aromatic nitrogens is 2. The van der Waals surface area contributed by atoms with Crippen molar-refractivity contribution < 1.29 is 4.79 Å². The normalized spacial score (nSPS) is 18.2. The standard InChI is InChI=1S/C31H29N5O2S2/c1-22(24-12-6-3-7-13-24)36-30(38)26(40-31(36)39)20-25-28(32-27-14-8-9-15-35(27)29(25)37)34-18-16-33(17-19-34)21-23-10-4-2-5-11-23/h2-15,20,22H,16-19,21H2,1H3/b26-20-/t22-/m0/s1. The summed E-state index contributed by atoms with van der Waals surface area (Å²) in [6.45, 7) is 6.01. The molecule has 2 saturated heterocycles. The van der Waals surface area contributed by atoms with Gasteiger partial charge in [-0.1, -0.05) is 90.7 Å². The van der Waals surface area contributed by atoms with Gasteiger partial charge in [0.2, 0.25) is 0 Å². The van der Waals surface area contributed by atoms with Crippen LogP contribution in [0.2, 0.25) is 0 Å². The van der Waals surface area contributed by atoms with Gasteiger partial charge in [-0.25, -0.2) is 4.98 Å². The van der Waals surface area contributed by atoms with E-state index in [1.807, 2.05) is 61.5 Å². The van der Waals surface area contributed by atoms with Crippen molar-refractivity contribution in [2.45, 2.75) is 19.5 Å². The third-order valence-corrected chi connectivity index (χ3v) is 8.77. The van der Waals surface area contributed by atoms with E-state index in [9.17, 15) is 9.59 Å². The molecule has 0 aliphatic carbocycles. The van der Waals surface area contributed by atoms with E-state index in [2.05, 4.69) is 34.1 Å². The second-order valence-corrected chi connectivity index (χ2v) is 11.6. The molecule has 2 aliphatic heterocycles. The lowest BCUT2D eigenvalue weighted by Crippen LogP contribution is -2.47. The molecule has 40 heavy (non-hydrogen) atoms. The van der Waals surface area contributed by atoms with Crippen LogP contribution in [0.5, 0.6) is 0 Å². The van der Waals surface area contributed by atoms with E-state index in [1.165, 1.54) is 21.7 Å². The molecular formula is C31H29N5O2S2. The molecule has 0 saturated carbocycles. The number of thioether (sulfide) groups is 1. The predicted octanol–water partition coefficient (Wildman–Crippen LogP) is 4.98. The Hall–Kier alpha value is -3.79. The fraction of sp³-hybridized carbons (Fsp3) is 0.226. The molecule has 2 fully saturated rings. The summed E-state index contributed by atoms with van der Waals surface area (Å²) in [6.07, 6.45) is 3.41. The second kappa shape index (κ2) is 11.4. The van der Waals surface area contributed by atoms with Crippen molar-refractivity contribution in [3.8, 4) is 0 Å². The Labute approximate surface area is 242 Å². The topological polar surface area (TPSA) is 61.2 Å². The molecule has 2 aromatic carbocycles. The van der Waals surface area contributed by atoms with Crippen molar-refractivity contribution >= 4 is 51.7 Å². The van der Waals surface area contributed by atoms with E-state index in [0.717, 1.165) is 38.3 Å². The van der Waals surface area contributed by atoms with Crippen LogP contribution in [0.4, 0.5) is 5.82 Å². The number of anilines is 1. The minimum absolute atomic E-state index is 0.192. The molecule has 4 heterocycles. The summed E-state index contributed by atoms with van der Waals surface area (Å²) in [5.74, 6) is 0.416. The molecule has 1 atom stereocenters. The first-order valence-corrected chi connectivity index (χ1v) is 14.6. The van der Waals surface area contributed by atoms with Crippen molar-refractivity contribution in [2.75, 3.05) is 31.1 Å². The zero-order chi connectivity index (χ0) is 27.6. The molecule has 1 amide bonds. The van der Waals surface area contributed by atoms with Gasteiger partial charge in [0, 0.05) is 38.9 Å². The summed E-state index contributed by atoms with van der Waals surface area (Å²) in [4.78, 5) is 39.0. The zero-order valence-electron chi connectivity index (χ0n) is 22.1. The van der Waals surface area contributed by atoms with Gasteiger partial charge in [-0.05, 0) is 36.3 Å².